The van der Waals surface area contributed by atoms with Crippen molar-refractivity contribution >= 4 is 12.4 Å². The van der Waals surface area contributed by atoms with Gasteiger partial charge in [0, 0.05) is 0 Å². The van der Waals surface area contributed by atoms with Gasteiger partial charge < -0.3 is 0 Å². The Morgan fingerprint density at radius 1 is 0.478 bits per heavy atom. The van der Waals surface area contributed by atoms with E-state index in [1.807, 2.05) is 0 Å². The Bertz CT molecular complexity index is 175. The van der Waals surface area contributed by atoms with E-state index in [0.29, 0.717) is 0 Å². The van der Waals surface area contributed by atoms with Crippen molar-refractivity contribution in [3.8, 4) is 0 Å². The van der Waals surface area contributed by atoms with Crippen LogP contribution in [-0.4, -0.2) is 19.8 Å². The van der Waals surface area contributed by atoms with Gasteiger partial charge in [0.1, 0.15) is 0 Å². The summed E-state index contributed by atoms with van der Waals surface area (Å²) in [6.45, 7) is 9.16. The topological polar surface area (TPSA) is 27.7 Å². The molecule has 0 rings (SSSR count). The molecule has 0 fully saturated rings. The van der Waals surface area contributed by atoms with Crippen molar-refractivity contribution in [3.05, 3.63) is 0 Å². The van der Waals surface area contributed by atoms with Gasteiger partial charge in [-0.05, 0) is 0 Å². The van der Waals surface area contributed by atoms with Gasteiger partial charge in [-0.1, -0.05) is 0 Å². The molecule has 0 saturated carbocycles. The molecule has 0 spiro atoms. The predicted octanol–water partition coefficient (Wildman–Crippen LogP) is 6.56. The molecule has 141 valence electrons. The summed E-state index contributed by atoms with van der Waals surface area (Å²) in [6.07, 6.45) is 14.9. The Labute approximate surface area is 158 Å². The third kappa shape index (κ3) is 20.8. The summed E-state index contributed by atoms with van der Waals surface area (Å²) in [6, 6.07) is 0. The minimum Gasteiger partial charge on any atom is -0.147 e. The molecule has 3 nitrogen and oxygen atoms in total. The summed E-state index contributed by atoms with van der Waals surface area (Å²) >= 11 is -2.18. The molecular weight excluding hydrogens is 348 g/mol. The largest absolute Gasteiger partial charge is 0.147 e. The van der Waals surface area contributed by atoms with Crippen molar-refractivity contribution in [2.45, 2.75) is 97.8 Å². The van der Waals surface area contributed by atoms with E-state index in [1.54, 1.807) is 0 Å². The van der Waals surface area contributed by atoms with Gasteiger partial charge in [0.15, 0.2) is 0 Å². The van der Waals surface area contributed by atoms with Gasteiger partial charge in [-0.25, -0.2) is 0 Å². The molecule has 5 heteroatoms. The summed E-state index contributed by atoms with van der Waals surface area (Å²) in [4.78, 5) is 0. The number of unbranched alkanes of at least 4 members (excludes halogenated alkanes) is 9. The molecule has 0 aromatic carbocycles. The van der Waals surface area contributed by atoms with E-state index >= 15 is 0 Å². The Kier molecular flexibility index (Phi) is 26.0. The van der Waals surface area contributed by atoms with Gasteiger partial charge >= 0.3 is 147 Å². The molecule has 23 heavy (non-hydrogen) atoms. The molecule has 0 radical (unpaired) electrons. The zero-order chi connectivity index (χ0) is 16.3. The molecule has 0 unspecified atom stereocenters. The van der Waals surface area contributed by atoms with E-state index in [0.717, 1.165) is 39.1 Å². The van der Waals surface area contributed by atoms with E-state index in [1.165, 1.54) is 57.8 Å². The Balaban J connectivity index is 0. The second kappa shape index (κ2) is 22.9. The number of hydrogen-bond donors (Lipinski definition) is 0. The summed E-state index contributed by atoms with van der Waals surface area (Å²) in [5, 5.41) is 0. The molecule has 0 amide bonds. The molecule has 0 saturated heterocycles. The third-order valence-corrected chi connectivity index (χ3v) is 5.71. The SMILES string of the molecule is CCCCCC[O][Ti]([O]CCCCCC)[O]CCCCCC.Cl. The summed E-state index contributed by atoms with van der Waals surface area (Å²) in [5.41, 5.74) is 0. The van der Waals surface area contributed by atoms with Gasteiger partial charge in [-0.3, -0.25) is 0 Å². The van der Waals surface area contributed by atoms with Gasteiger partial charge in [0.25, 0.3) is 0 Å². The first-order chi connectivity index (χ1) is 10.8. The predicted molar refractivity (Wildman–Crippen MR) is 97.5 cm³/mol. The van der Waals surface area contributed by atoms with Gasteiger partial charge in [0.05, 0.1) is 0 Å². The number of hydrogen-bond acceptors (Lipinski definition) is 3. The molecule has 0 heterocycles. The first-order valence-electron chi connectivity index (χ1n) is 9.60. The second-order valence-corrected chi connectivity index (χ2v) is 8.11. The fourth-order valence-corrected chi connectivity index (χ4v) is 4.03. The van der Waals surface area contributed by atoms with E-state index in [9.17, 15) is 0 Å². The smallest absolute Gasteiger partial charge is 0.147 e. The van der Waals surface area contributed by atoms with Crippen LogP contribution in [0.1, 0.15) is 97.8 Å². The molecule has 0 aliphatic heterocycles. The number of rotatable bonds is 18. The van der Waals surface area contributed by atoms with Crippen LogP contribution in [-0.2, 0) is 29.0 Å². The van der Waals surface area contributed by atoms with Crippen LogP contribution < -0.4 is 0 Å². The summed E-state index contributed by atoms with van der Waals surface area (Å²) < 4.78 is 17.8. The molecule has 0 aromatic rings. The van der Waals surface area contributed by atoms with Crippen molar-refractivity contribution in [1.82, 2.24) is 0 Å². The van der Waals surface area contributed by atoms with E-state index in [2.05, 4.69) is 20.8 Å². The van der Waals surface area contributed by atoms with E-state index in [4.69, 9.17) is 9.96 Å². The second-order valence-electron chi connectivity index (χ2n) is 5.98. The van der Waals surface area contributed by atoms with Crippen molar-refractivity contribution < 1.29 is 29.0 Å². The average Bonchev–Trinajstić information content (AvgIpc) is 2.53. The van der Waals surface area contributed by atoms with Crippen molar-refractivity contribution in [1.29, 1.82) is 0 Å². The standard InChI is InChI=1S/3C6H13O.ClH.Ti/c3*1-2-3-4-5-6-7;;/h3*2-6H2,1H3;1H;/q3*-1;;+3. The maximum atomic E-state index is 5.92. The minimum absolute atomic E-state index is 0. The van der Waals surface area contributed by atoms with Crippen molar-refractivity contribution in [3.63, 3.8) is 0 Å². The van der Waals surface area contributed by atoms with Crippen molar-refractivity contribution in [2.24, 2.45) is 0 Å². The Hall–Kier alpha value is 0.884. The summed E-state index contributed by atoms with van der Waals surface area (Å²) in [7, 11) is 0. The first kappa shape index (κ1) is 26.1. The van der Waals surface area contributed by atoms with Gasteiger partial charge in [0.2, 0.25) is 0 Å². The fraction of sp³-hybridized carbons (Fsp3) is 1.00. The first-order valence-corrected chi connectivity index (χ1v) is 11.5. The molecule has 0 bridgehead atoms. The van der Waals surface area contributed by atoms with Crippen LogP contribution in [0.4, 0.5) is 0 Å². The zero-order valence-corrected chi connectivity index (χ0v) is 18.1. The molecule has 0 N–H and O–H groups in total. The molecule has 0 aliphatic rings. The molecule has 0 aromatic heterocycles. The minimum atomic E-state index is -2.18. The average molecular weight is 388 g/mol. The monoisotopic (exact) mass is 387 g/mol. The van der Waals surface area contributed by atoms with Crippen LogP contribution in [0.3, 0.4) is 0 Å². The van der Waals surface area contributed by atoms with Crippen LogP contribution in [0.5, 0.6) is 0 Å². The Morgan fingerprint density at radius 2 is 0.783 bits per heavy atom. The molecular formula is C18H40ClO3Ti. The zero-order valence-electron chi connectivity index (χ0n) is 15.7. The van der Waals surface area contributed by atoms with Crippen LogP contribution >= 0.6 is 12.4 Å². The van der Waals surface area contributed by atoms with Crippen molar-refractivity contribution in [2.75, 3.05) is 19.8 Å². The normalized spacial score (nSPS) is 10.6. The molecule has 0 atom stereocenters. The maximum Gasteiger partial charge on any atom is -0.147 e. The molecule has 0 aliphatic carbocycles. The van der Waals surface area contributed by atoms with Crippen LogP contribution in [0, 0.1) is 0 Å². The number of halogens is 1. The Morgan fingerprint density at radius 3 is 1.04 bits per heavy atom. The van der Waals surface area contributed by atoms with Crippen LogP contribution in [0.25, 0.3) is 0 Å². The van der Waals surface area contributed by atoms with E-state index in [-0.39, 0.29) is 12.4 Å². The van der Waals surface area contributed by atoms with Crippen LogP contribution in [0.15, 0.2) is 0 Å². The third-order valence-electron chi connectivity index (χ3n) is 3.65. The summed E-state index contributed by atoms with van der Waals surface area (Å²) in [5.74, 6) is 0. The van der Waals surface area contributed by atoms with E-state index < -0.39 is 19.0 Å². The fourth-order valence-electron chi connectivity index (χ4n) is 2.18. The maximum absolute atomic E-state index is 5.92. The van der Waals surface area contributed by atoms with Crippen LogP contribution in [0.2, 0.25) is 0 Å². The van der Waals surface area contributed by atoms with Gasteiger partial charge in [-0.2, -0.15) is 0 Å². The quantitative estimate of drug-likeness (QED) is 0.197. The van der Waals surface area contributed by atoms with Gasteiger partial charge in [-0.15, -0.1) is 12.4 Å².